The Bertz CT molecular complexity index is 528. The summed E-state index contributed by atoms with van der Waals surface area (Å²) < 4.78 is 15.8. The van der Waals surface area contributed by atoms with Crippen molar-refractivity contribution in [2.45, 2.75) is 6.42 Å². The van der Waals surface area contributed by atoms with Gasteiger partial charge >= 0.3 is 6.09 Å². The lowest BCUT2D eigenvalue weighted by Crippen LogP contribution is -2.31. The van der Waals surface area contributed by atoms with Crippen molar-refractivity contribution in [1.29, 1.82) is 0 Å². The summed E-state index contributed by atoms with van der Waals surface area (Å²) in [5.74, 6) is 1.53. The summed E-state index contributed by atoms with van der Waals surface area (Å²) in [6.45, 7) is 0.895. The van der Waals surface area contributed by atoms with Crippen molar-refractivity contribution in [3.8, 4) is 17.2 Å². The van der Waals surface area contributed by atoms with Crippen LogP contribution in [0, 0.1) is 0 Å². The van der Waals surface area contributed by atoms with Crippen LogP contribution in [0.1, 0.15) is 6.42 Å². The van der Waals surface area contributed by atoms with Crippen LogP contribution >= 0.6 is 12.2 Å². The van der Waals surface area contributed by atoms with Crippen LogP contribution in [0.4, 0.5) is 10.5 Å². The molecule has 0 saturated carbocycles. The maximum atomic E-state index is 10.3. The van der Waals surface area contributed by atoms with Gasteiger partial charge in [0.05, 0.1) is 21.3 Å². The minimum Gasteiger partial charge on any atom is -0.493 e. The van der Waals surface area contributed by atoms with Gasteiger partial charge in [0, 0.05) is 30.9 Å². The number of thiocarbonyl (C=S) groups is 1. The van der Waals surface area contributed by atoms with Gasteiger partial charge in [-0.25, -0.2) is 4.79 Å². The molecule has 1 rings (SSSR count). The van der Waals surface area contributed by atoms with Crippen LogP contribution in [0.2, 0.25) is 0 Å². The van der Waals surface area contributed by atoms with Crippen LogP contribution < -0.4 is 30.2 Å². The molecular weight excluding hydrogens is 322 g/mol. The Morgan fingerprint density at radius 1 is 1.09 bits per heavy atom. The SMILES string of the molecule is COc1cc(NC(=S)NCCCNC(=O)O)cc(OC)c1OC. The zero-order valence-electron chi connectivity index (χ0n) is 13.3. The molecule has 1 aromatic rings. The second-order valence-corrected chi connectivity index (χ2v) is 4.79. The summed E-state index contributed by atoms with van der Waals surface area (Å²) in [6.07, 6.45) is -0.424. The van der Waals surface area contributed by atoms with Gasteiger partial charge in [-0.2, -0.15) is 0 Å². The van der Waals surface area contributed by atoms with E-state index in [2.05, 4.69) is 16.0 Å². The summed E-state index contributed by atoms with van der Waals surface area (Å²) in [5.41, 5.74) is 0.681. The number of hydrogen-bond donors (Lipinski definition) is 4. The van der Waals surface area contributed by atoms with Crippen LogP contribution in [0.5, 0.6) is 17.2 Å². The number of methoxy groups -OCH3 is 3. The lowest BCUT2D eigenvalue weighted by atomic mass is 10.2. The number of rotatable bonds is 8. The van der Waals surface area contributed by atoms with Gasteiger partial charge in [-0.15, -0.1) is 0 Å². The Morgan fingerprint density at radius 3 is 2.13 bits per heavy atom. The van der Waals surface area contributed by atoms with E-state index in [1.54, 1.807) is 12.1 Å². The average molecular weight is 343 g/mol. The first-order valence-electron chi connectivity index (χ1n) is 6.83. The number of hydrogen-bond acceptors (Lipinski definition) is 5. The third-order valence-electron chi connectivity index (χ3n) is 2.84. The molecule has 0 aliphatic rings. The van der Waals surface area contributed by atoms with Gasteiger partial charge in [-0.1, -0.05) is 0 Å². The van der Waals surface area contributed by atoms with Crippen LogP contribution in [0.15, 0.2) is 12.1 Å². The molecule has 0 heterocycles. The molecule has 0 bridgehead atoms. The lowest BCUT2D eigenvalue weighted by molar-refractivity contribution is 0.194. The van der Waals surface area contributed by atoms with Gasteiger partial charge in [0.15, 0.2) is 16.6 Å². The summed E-state index contributed by atoms with van der Waals surface area (Å²) in [7, 11) is 4.60. The van der Waals surface area contributed by atoms with Crippen molar-refractivity contribution in [3.05, 3.63) is 12.1 Å². The van der Waals surface area contributed by atoms with Crippen molar-refractivity contribution < 1.29 is 24.1 Å². The van der Waals surface area contributed by atoms with Gasteiger partial charge in [0.2, 0.25) is 5.75 Å². The van der Waals surface area contributed by atoms with E-state index < -0.39 is 6.09 Å². The Balaban J connectivity index is 2.59. The third-order valence-corrected chi connectivity index (χ3v) is 3.08. The van der Waals surface area contributed by atoms with E-state index >= 15 is 0 Å². The summed E-state index contributed by atoms with van der Waals surface area (Å²) in [5, 5.41) is 17.1. The molecule has 0 aliphatic carbocycles. The second-order valence-electron chi connectivity index (χ2n) is 4.38. The first-order valence-corrected chi connectivity index (χ1v) is 7.24. The number of carbonyl (C=O) groups is 1. The number of ether oxygens (including phenoxy) is 3. The van der Waals surface area contributed by atoms with Gasteiger partial charge in [0.1, 0.15) is 0 Å². The number of carboxylic acid groups (broad SMARTS) is 1. The normalized spacial score (nSPS) is 9.70. The zero-order valence-corrected chi connectivity index (χ0v) is 14.1. The largest absolute Gasteiger partial charge is 0.493 e. The number of benzene rings is 1. The van der Waals surface area contributed by atoms with E-state index in [-0.39, 0.29) is 0 Å². The van der Waals surface area contributed by atoms with Gasteiger partial charge in [0.25, 0.3) is 0 Å². The van der Waals surface area contributed by atoms with Crippen LogP contribution in [-0.2, 0) is 0 Å². The molecule has 23 heavy (non-hydrogen) atoms. The van der Waals surface area contributed by atoms with E-state index in [1.807, 2.05) is 0 Å². The molecule has 1 aromatic carbocycles. The van der Waals surface area contributed by atoms with Crippen molar-refractivity contribution in [2.75, 3.05) is 39.7 Å². The Morgan fingerprint density at radius 2 is 1.65 bits per heavy atom. The highest BCUT2D eigenvalue weighted by Crippen LogP contribution is 2.39. The van der Waals surface area contributed by atoms with Crippen LogP contribution in [-0.4, -0.2) is 50.7 Å². The fourth-order valence-corrected chi connectivity index (χ4v) is 2.03. The van der Waals surface area contributed by atoms with Crippen molar-refractivity contribution in [2.24, 2.45) is 0 Å². The molecule has 0 aromatic heterocycles. The second kappa shape index (κ2) is 9.57. The fraction of sp³-hybridized carbons (Fsp3) is 0.429. The maximum Gasteiger partial charge on any atom is 0.404 e. The van der Waals surface area contributed by atoms with E-state index in [1.165, 1.54) is 21.3 Å². The van der Waals surface area contributed by atoms with E-state index in [0.717, 1.165) is 0 Å². The molecular formula is C14H21N3O5S. The Kier molecular flexibility index (Phi) is 7.75. The monoisotopic (exact) mass is 343 g/mol. The highest BCUT2D eigenvalue weighted by atomic mass is 32.1. The minimum atomic E-state index is -1.04. The number of anilines is 1. The standard InChI is InChI=1S/C14H21N3O5S/c1-20-10-7-9(8-11(21-2)12(10)22-3)17-13(23)15-5-4-6-16-14(18)19/h7-8,16H,4-6H2,1-3H3,(H,18,19)(H2,15,17,23). The summed E-state index contributed by atoms with van der Waals surface area (Å²) in [4.78, 5) is 10.3. The third kappa shape index (κ3) is 6.07. The number of nitrogens with one attached hydrogen (secondary N) is 3. The van der Waals surface area contributed by atoms with Crippen molar-refractivity contribution in [1.82, 2.24) is 10.6 Å². The summed E-state index contributed by atoms with van der Waals surface area (Å²) in [6, 6.07) is 3.47. The molecule has 0 spiro atoms. The Hall–Kier alpha value is -2.42. The fourth-order valence-electron chi connectivity index (χ4n) is 1.81. The van der Waals surface area contributed by atoms with Gasteiger partial charge < -0.3 is 35.3 Å². The quantitative estimate of drug-likeness (QED) is 0.418. The first-order chi connectivity index (χ1) is 11.0. The molecule has 1 amide bonds. The molecule has 4 N–H and O–H groups in total. The molecule has 0 aliphatic heterocycles. The smallest absolute Gasteiger partial charge is 0.404 e. The predicted molar refractivity (Wildman–Crippen MR) is 91.0 cm³/mol. The molecule has 0 saturated heterocycles. The van der Waals surface area contributed by atoms with Crippen molar-refractivity contribution in [3.63, 3.8) is 0 Å². The summed E-state index contributed by atoms with van der Waals surface area (Å²) >= 11 is 5.19. The highest BCUT2D eigenvalue weighted by molar-refractivity contribution is 7.80. The van der Waals surface area contributed by atoms with Gasteiger partial charge in [-0.05, 0) is 18.6 Å². The van der Waals surface area contributed by atoms with Gasteiger partial charge in [-0.3, -0.25) is 0 Å². The molecule has 8 nitrogen and oxygen atoms in total. The van der Waals surface area contributed by atoms with E-state index in [0.29, 0.717) is 47.6 Å². The zero-order chi connectivity index (χ0) is 17.2. The topological polar surface area (TPSA) is 101 Å². The molecule has 9 heteroatoms. The molecule has 128 valence electrons. The lowest BCUT2D eigenvalue weighted by Gasteiger charge is -2.16. The number of amides is 1. The van der Waals surface area contributed by atoms with Crippen LogP contribution in [0.25, 0.3) is 0 Å². The van der Waals surface area contributed by atoms with Crippen LogP contribution in [0.3, 0.4) is 0 Å². The molecule has 0 atom stereocenters. The minimum absolute atomic E-state index is 0.356. The molecule has 0 unspecified atom stereocenters. The first kappa shape index (κ1) is 18.6. The highest BCUT2D eigenvalue weighted by Gasteiger charge is 2.13. The predicted octanol–water partition coefficient (Wildman–Crippen LogP) is 1.66. The van der Waals surface area contributed by atoms with E-state index in [9.17, 15) is 4.79 Å². The van der Waals surface area contributed by atoms with Crippen molar-refractivity contribution >= 4 is 29.1 Å². The van der Waals surface area contributed by atoms with E-state index in [4.69, 9.17) is 31.5 Å². The molecule has 0 fully saturated rings. The average Bonchev–Trinajstić information content (AvgIpc) is 2.53. The molecule has 0 radical (unpaired) electrons. The Labute approximate surface area is 140 Å². The maximum absolute atomic E-state index is 10.3.